The Bertz CT molecular complexity index is 1180. The van der Waals surface area contributed by atoms with Crippen LogP contribution < -0.4 is 16.0 Å². The second kappa shape index (κ2) is 9.61. The summed E-state index contributed by atoms with van der Waals surface area (Å²) < 4.78 is 38.6. The minimum Gasteiger partial charge on any atom is -0.332 e. The lowest BCUT2D eigenvalue weighted by molar-refractivity contribution is -0.137. The van der Waals surface area contributed by atoms with Crippen LogP contribution in [0.5, 0.6) is 0 Å². The molecule has 0 aliphatic rings. The highest BCUT2D eigenvalue weighted by Gasteiger charge is 2.30. The van der Waals surface area contributed by atoms with Crippen LogP contribution in [0.15, 0.2) is 72.8 Å². The van der Waals surface area contributed by atoms with Gasteiger partial charge in [0.1, 0.15) is 0 Å². The van der Waals surface area contributed by atoms with Crippen LogP contribution in [0.1, 0.15) is 31.8 Å². The number of benzene rings is 3. The molecule has 0 aromatic heterocycles. The third kappa shape index (κ3) is 5.92. The van der Waals surface area contributed by atoms with E-state index in [0.29, 0.717) is 11.3 Å². The summed E-state index contributed by atoms with van der Waals surface area (Å²) in [7, 11) is 0. The molecule has 0 saturated heterocycles. The first-order chi connectivity index (χ1) is 15.1. The first-order valence-corrected chi connectivity index (χ1v) is 9.81. The molecule has 5 nitrogen and oxygen atoms in total. The Morgan fingerprint density at radius 3 is 2.16 bits per heavy atom. The first-order valence-electron chi connectivity index (χ1n) is 9.40. The van der Waals surface area contributed by atoms with E-state index in [2.05, 4.69) is 16.0 Å². The van der Waals surface area contributed by atoms with E-state index in [9.17, 15) is 22.8 Å². The number of carbonyl (C=O) groups is 2. The lowest BCUT2D eigenvalue weighted by Gasteiger charge is -2.12. The molecule has 0 fully saturated rings. The van der Waals surface area contributed by atoms with Crippen LogP contribution in [-0.2, 0) is 6.18 Å². The molecule has 0 bridgehead atoms. The van der Waals surface area contributed by atoms with E-state index in [4.69, 9.17) is 12.2 Å². The van der Waals surface area contributed by atoms with Crippen LogP contribution in [0.4, 0.5) is 24.5 Å². The monoisotopic (exact) mass is 457 g/mol. The fourth-order valence-electron chi connectivity index (χ4n) is 2.88. The van der Waals surface area contributed by atoms with E-state index in [1.54, 1.807) is 37.3 Å². The lowest BCUT2D eigenvalue weighted by Crippen LogP contribution is -2.34. The normalized spacial score (nSPS) is 10.9. The number of nitrogens with one attached hydrogen (secondary N) is 3. The quantitative estimate of drug-likeness (QED) is 0.460. The summed E-state index contributed by atoms with van der Waals surface area (Å²) in [6.07, 6.45) is -4.51. The molecule has 3 aromatic rings. The van der Waals surface area contributed by atoms with Crippen molar-refractivity contribution in [3.8, 4) is 0 Å². The van der Waals surface area contributed by atoms with Gasteiger partial charge in [-0.15, -0.1) is 0 Å². The molecule has 0 radical (unpaired) electrons. The molecule has 0 unspecified atom stereocenters. The van der Waals surface area contributed by atoms with Crippen LogP contribution >= 0.6 is 12.2 Å². The number of thiocarbonyl (C=S) groups is 1. The number of alkyl halides is 3. The Morgan fingerprint density at radius 1 is 0.812 bits per heavy atom. The molecule has 164 valence electrons. The van der Waals surface area contributed by atoms with Crippen LogP contribution in [0.25, 0.3) is 0 Å². The molecule has 3 N–H and O–H groups in total. The van der Waals surface area contributed by atoms with Crippen LogP contribution in [0.3, 0.4) is 0 Å². The molecule has 0 aliphatic carbocycles. The number of carbonyl (C=O) groups excluding carboxylic acids is 2. The maximum Gasteiger partial charge on any atom is 0.416 e. The molecule has 0 saturated carbocycles. The first kappa shape index (κ1) is 23.0. The standard InChI is InChI=1S/C23H18F3N3O2S/c1-14-6-2-3-11-19(14)21(31)29-22(32)28-17-9-4-7-15(12-17)20(30)27-18-10-5-8-16(13-18)23(24,25)26/h2-13H,1H3,(H,27,30)(H2,28,29,31,32). The number of hydrogen-bond donors (Lipinski definition) is 3. The van der Waals surface area contributed by atoms with E-state index < -0.39 is 17.6 Å². The van der Waals surface area contributed by atoms with Gasteiger partial charge in [0.05, 0.1) is 5.56 Å². The molecular weight excluding hydrogens is 439 g/mol. The number of rotatable bonds is 4. The van der Waals surface area contributed by atoms with E-state index in [0.717, 1.165) is 17.7 Å². The fourth-order valence-corrected chi connectivity index (χ4v) is 3.09. The van der Waals surface area contributed by atoms with Crippen molar-refractivity contribution >= 4 is 40.5 Å². The van der Waals surface area contributed by atoms with Gasteiger partial charge in [-0.05, 0) is 67.2 Å². The van der Waals surface area contributed by atoms with Gasteiger partial charge in [-0.1, -0.05) is 30.3 Å². The predicted octanol–water partition coefficient (Wildman–Crippen LogP) is 5.39. The number of amides is 2. The Hall–Kier alpha value is -3.72. The SMILES string of the molecule is Cc1ccccc1C(=O)NC(=S)Nc1cccc(C(=O)Nc2cccc(C(F)(F)F)c2)c1. The van der Waals surface area contributed by atoms with Gasteiger partial charge in [-0.3, -0.25) is 14.9 Å². The van der Waals surface area contributed by atoms with E-state index in [1.807, 2.05) is 6.07 Å². The van der Waals surface area contributed by atoms with Gasteiger partial charge >= 0.3 is 6.18 Å². The number of aryl methyl sites for hydroxylation is 1. The van der Waals surface area contributed by atoms with Crippen LogP contribution in [0.2, 0.25) is 0 Å². The van der Waals surface area contributed by atoms with E-state index in [1.165, 1.54) is 24.3 Å². The summed E-state index contributed by atoms with van der Waals surface area (Å²) in [5.41, 5.74) is 1.05. The molecular formula is C23H18F3N3O2S. The van der Waals surface area contributed by atoms with Crippen molar-refractivity contribution in [2.45, 2.75) is 13.1 Å². The largest absolute Gasteiger partial charge is 0.416 e. The van der Waals surface area contributed by atoms with Crippen LogP contribution in [-0.4, -0.2) is 16.9 Å². The van der Waals surface area contributed by atoms with Gasteiger partial charge in [0.15, 0.2) is 5.11 Å². The number of anilines is 2. The van der Waals surface area contributed by atoms with Gasteiger partial charge in [-0.25, -0.2) is 0 Å². The predicted molar refractivity (Wildman–Crippen MR) is 121 cm³/mol. The second-order valence-electron chi connectivity index (χ2n) is 6.84. The average Bonchev–Trinajstić information content (AvgIpc) is 2.73. The van der Waals surface area contributed by atoms with Crippen molar-refractivity contribution < 1.29 is 22.8 Å². The molecule has 32 heavy (non-hydrogen) atoms. The van der Waals surface area contributed by atoms with Crippen LogP contribution in [0, 0.1) is 6.92 Å². The van der Waals surface area contributed by atoms with Crippen molar-refractivity contribution in [1.82, 2.24) is 5.32 Å². The number of hydrogen-bond acceptors (Lipinski definition) is 3. The van der Waals surface area contributed by atoms with E-state index in [-0.39, 0.29) is 22.3 Å². The zero-order valence-electron chi connectivity index (χ0n) is 16.8. The highest BCUT2D eigenvalue weighted by molar-refractivity contribution is 7.80. The summed E-state index contributed by atoms with van der Waals surface area (Å²) in [5.74, 6) is -0.970. The van der Waals surface area contributed by atoms with Crippen molar-refractivity contribution in [3.05, 3.63) is 95.1 Å². The summed E-state index contributed by atoms with van der Waals surface area (Å²) in [6, 6.07) is 17.6. The summed E-state index contributed by atoms with van der Waals surface area (Å²) in [6.45, 7) is 1.80. The van der Waals surface area contributed by atoms with Crippen molar-refractivity contribution in [2.24, 2.45) is 0 Å². The van der Waals surface area contributed by atoms with Gasteiger partial charge < -0.3 is 10.6 Å². The lowest BCUT2D eigenvalue weighted by atomic mass is 10.1. The Labute approximate surface area is 187 Å². The molecule has 0 aliphatic heterocycles. The van der Waals surface area contributed by atoms with Gasteiger partial charge in [0, 0.05) is 22.5 Å². The maximum atomic E-state index is 12.9. The smallest absolute Gasteiger partial charge is 0.332 e. The van der Waals surface area contributed by atoms with Crippen molar-refractivity contribution in [1.29, 1.82) is 0 Å². The van der Waals surface area contributed by atoms with Crippen molar-refractivity contribution in [3.63, 3.8) is 0 Å². The molecule has 3 rings (SSSR count). The summed E-state index contributed by atoms with van der Waals surface area (Å²) >= 11 is 5.17. The third-order valence-electron chi connectivity index (χ3n) is 4.45. The molecule has 2 amide bonds. The second-order valence-corrected chi connectivity index (χ2v) is 7.24. The molecule has 3 aromatic carbocycles. The topological polar surface area (TPSA) is 70.2 Å². The summed E-state index contributed by atoms with van der Waals surface area (Å²) in [5, 5.41) is 7.87. The van der Waals surface area contributed by atoms with Gasteiger partial charge in [-0.2, -0.15) is 13.2 Å². The zero-order valence-corrected chi connectivity index (χ0v) is 17.6. The van der Waals surface area contributed by atoms with Gasteiger partial charge in [0.25, 0.3) is 11.8 Å². The molecule has 0 heterocycles. The van der Waals surface area contributed by atoms with E-state index >= 15 is 0 Å². The minimum absolute atomic E-state index is 0.0178. The zero-order chi connectivity index (χ0) is 23.3. The molecule has 9 heteroatoms. The average molecular weight is 457 g/mol. The molecule has 0 atom stereocenters. The number of halogens is 3. The Morgan fingerprint density at radius 2 is 1.47 bits per heavy atom. The maximum absolute atomic E-state index is 12.9. The third-order valence-corrected chi connectivity index (χ3v) is 4.65. The van der Waals surface area contributed by atoms with Gasteiger partial charge in [0.2, 0.25) is 0 Å². The fraction of sp³-hybridized carbons (Fsp3) is 0.0870. The summed E-state index contributed by atoms with van der Waals surface area (Å²) in [4.78, 5) is 24.9. The Kier molecular flexibility index (Phi) is 6.89. The van der Waals surface area contributed by atoms with Crippen molar-refractivity contribution in [2.75, 3.05) is 10.6 Å². The minimum atomic E-state index is -4.51. The highest BCUT2D eigenvalue weighted by atomic mass is 32.1. The Balaban J connectivity index is 1.66. The highest BCUT2D eigenvalue weighted by Crippen LogP contribution is 2.30. The molecule has 0 spiro atoms.